The number of ether oxygens (including phenoxy) is 1. The van der Waals surface area contributed by atoms with Crippen molar-refractivity contribution in [1.82, 2.24) is 14.8 Å². The first-order chi connectivity index (χ1) is 14.5. The van der Waals surface area contributed by atoms with Crippen LogP contribution >= 0.6 is 23.2 Å². The van der Waals surface area contributed by atoms with E-state index < -0.39 is 5.92 Å². The molecular formula is C20H17Cl2N5O3. The van der Waals surface area contributed by atoms with Crippen molar-refractivity contribution in [1.29, 1.82) is 0 Å². The summed E-state index contributed by atoms with van der Waals surface area (Å²) in [6.07, 6.45) is 2.98. The second-order valence-corrected chi connectivity index (χ2v) is 7.59. The zero-order valence-corrected chi connectivity index (χ0v) is 17.4. The van der Waals surface area contributed by atoms with Crippen LogP contribution in [0.1, 0.15) is 6.42 Å². The topological polar surface area (TPSA) is 89.3 Å². The Bertz CT molecular complexity index is 1100. The van der Waals surface area contributed by atoms with Crippen LogP contribution in [0.25, 0.3) is 5.69 Å². The molecular weight excluding hydrogens is 429 g/mol. The molecule has 3 aromatic rings. The smallest absolute Gasteiger partial charge is 0.229 e. The van der Waals surface area contributed by atoms with Gasteiger partial charge in [-0.15, -0.1) is 0 Å². The summed E-state index contributed by atoms with van der Waals surface area (Å²) in [5.41, 5.74) is 1.63. The first kappa shape index (κ1) is 20.2. The number of hydrogen-bond donors (Lipinski definition) is 1. The molecule has 1 unspecified atom stereocenters. The Morgan fingerprint density at radius 3 is 2.67 bits per heavy atom. The van der Waals surface area contributed by atoms with E-state index in [1.807, 2.05) is 0 Å². The number of anilines is 2. The Labute approximate surface area is 182 Å². The highest BCUT2D eigenvalue weighted by Crippen LogP contribution is 2.35. The molecule has 8 nitrogen and oxygen atoms in total. The van der Waals surface area contributed by atoms with E-state index in [0.29, 0.717) is 32.9 Å². The van der Waals surface area contributed by atoms with E-state index in [-0.39, 0.29) is 24.8 Å². The highest BCUT2D eigenvalue weighted by atomic mass is 35.5. The van der Waals surface area contributed by atoms with Gasteiger partial charge in [0.05, 0.1) is 30.1 Å². The molecule has 1 aliphatic heterocycles. The second-order valence-electron chi connectivity index (χ2n) is 6.71. The van der Waals surface area contributed by atoms with Crippen molar-refractivity contribution in [3.63, 3.8) is 0 Å². The molecule has 4 rings (SSSR count). The Morgan fingerprint density at radius 1 is 1.17 bits per heavy atom. The van der Waals surface area contributed by atoms with Gasteiger partial charge in [0.25, 0.3) is 0 Å². The summed E-state index contributed by atoms with van der Waals surface area (Å²) in [5, 5.41) is 7.90. The number of hydrogen-bond acceptors (Lipinski definition) is 5. The van der Waals surface area contributed by atoms with Crippen LogP contribution in [0.3, 0.4) is 0 Å². The van der Waals surface area contributed by atoms with Crippen molar-refractivity contribution in [3.05, 3.63) is 59.1 Å². The van der Waals surface area contributed by atoms with E-state index >= 15 is 0 Å². The van der Waals surface area contributed by atoms with Crippen LogP contribution in [0.4, 0.5) is 11.4 Å². The molecule has 1 N–H and O–H groups in total. The zero-order chi connectivity index (χ0) is 21.3. The fourth-order valence-electron chi connectivity index (χ4n) is 3.37. The first-order valence-corrected chi connectivity index (χ1v) is 9.81. The molecule has 1 fully saturated rings. The zero-order valence-electron chi connectivity index (χ0n) is 15.9. The van der Waals surface area contributed by atoms with E-state index in [4.69, 9.17) is 27.9 Å². The van der Waals surface area contributed by atoms with E-state index in [9.17, 15) is 9.59 Å². The molecule has 1 aromatic heterocycles. The van der Waals surface area contributed by atoms with Crippen molar-refractivity contribution in [2.24, 2.45) is 5.92 Å². The Kier molecular flexibility index (Phi) is 5.61. The third kappa shape index (κ3) is 3.96. The van der Waals surface area contributed by atoms with Gasteiger partial charge in [-0.2, -0.15) is 5.10 Å². The van der Waals surface area contributed by atoms with Gasteiger partial charge in [-0.05, 0) is 36.4 Å². The predicted octanol–water partition coefficient (Wildman–Crippen LogP) is 3.57. The van der Waals surface area contributed by atoms with Gasteiger partial charge in [0.15, 0.2) is 0 Å². The number of halogens is 2. The summed E-state index contributed by atoms with van der Waals surface area (Å²) < 4.78 is 6.86. The molecule has 0 bridgehead atoms. The molecule has 2 heterocycles. The van der Waals surface area contributed by atoms with Gasteiger partial charge in [-0.1, -0.05) is 23.2 Å². The number of nitrogens with one attached hydrogen (secondary N) is 1. The molecule has 1 aliphatic rings. The van der Waals surface area contributed by atoms with E-state index in [0.717, 1.165) is 0 Å². The third-order valence-corrected chi connectivity index (χ3v) is 5.28. The largest absolute Gasteiger partial charge is 0.495 e. The minimum Gasteiger partial charge on any atom is -0.495 e. The lowest BCUT2D eigenvalue weighted by atomic mass is 10.1. The summed E-state index contributed by atoms with van der Waals surface area (Å²) in [5.74, 6) is -0.519. The average Bonchev–Trinajstić information content (AvgIpc) is 3.38. The lowest BCUT2D eigenvalue weighted by Gasteiger charge is -2.20. The normalized spacial score (nSPS) is 16.0. The van der Waals surface area contributed by atoms with Crippen molar-refractivity contribution < 1.29 is 14.3 Å². The van der Waals surface area contributed by atoms with E-state index in [2.05, 4.69) is 15.4 Å². The molecule has 2 amide bonds. The van der Waals surface area contributed by atoms with Gasteiger partial charge in [0.2, 0.25) is 11.8 Å². The van der Waals surface area contributed by atoms with Gasteiger partial charge in [0, 0.05) is 23.0 Å². The quantitative estimate of drug-likeness (QED) is 0.648. The Morgan fingerprint density at radius 2 is 1.93 bits per heavy atom. The highest BCUT2D eigenvalue weighted by Gasteiger charge is 2.36. The monoisotopic (exact) mass is 445 g/mol. The minimum absolute atomic E-state index is 0.0702. The van der Waals surface area contributed by atoms with Crippen LogP contribution in [0, 0.1) is 5.92 Å². The van der Waals surface area contributed by atoms with Crippen molar-refractivity contribution in [3.8, 4) is 11.4 Å². The molecule has 1 saturated heterocycles. The summed E-state index contributed by atoms with van der Waals surface area (Å²) in [7, 11) is 1.52. The summed E-state index contributed by atoms with van der Waals surface area (Å²) in [4.78, 5) is 31.0. The fraction of sp³-hybridized carbons (Fsp3) is 0.200. The van der Waals surface area contributed by atoms with E-state index in [1.165, 1.54) is 29.3 Å². The van der Waals surface area contributed by atoms with E-state index in [1.54, 1.807) is 36.4 Å². The van der Waals surface area contributed by atoms with Crippen LogP contribution in [0.2, 0.25) is 10.0 Å². The molecule has 0 spiro atoms. The molecule has 30 heavy (non-hydrogen) atoms. The fourth-order valence-corrected chi connectivity index (χ4v) is 3.70. The maximum atomic E-state index is 13.0. The summed E-state index contributed by atoms with van der Waals surface area (Å²) in [6.45, 7) is 0.209. The predicted molar refractivity (Wildman–Crippen MR) is 113 cm³/mol. The molecule has 0 saturated carbocycles. The third-order valence-electron chi connectivity index (χ3n) is 4.81. The summed E-state index contributed by atoms with van der Waals surface area (Å²) >= 11 is 12.2. The lowest BCUT2D eigenvalue weighted by Crippen LogP contribution is -2.28. The number of nitrogens with zero attached hydrogens (tertiary/aromatic N) is 4. The number of carbonyl (C=O) groups excluding carboxylic acids is 2. The molecule has 154 valence electrons. The number of aromatic nitrogens is 3. The average molecular weight is 446 g/mol. The van der Waals surface area contributed by atoms with Crippen LogP contribution < -0.4 is 15.0 Å². The SMILES string of the molecule is COc1ccc(Cl)cc1N1CC(C(=O)Nc2cc(Cl)ccc2-n2cncn2)CC1=O. The molecule has 1 atom stereocenters. The first-order valence-electron chi connectivity index (χ1n) is 9.05. The number of benzene rings is 2. The Hall–Kier alpha value is -3.10. The second kappa shape index (κ2) is 8.33. The van der Waals surface area contributed by atoms with Crippen molar-refractivity contribution in [2.75, 3.05) is 23.9 Å². The van der Waals surface area contributed by atoms with Crippen LogP contribution in [-0.2, 0) is 9.59 Å². The number of amides is 2. The standard InChI is InChI=1S/C20H17Cl2N5O3/c1-30-18-5-3-14(22)8-17(18)26-9-12(6-19(26)28)20(29)25-15-7-13(21)2-4-16(15)27-11-23-10-24-27/h2-5,7-8,10-12H,6,9H2,1H3,(H,25,29). The van der Waals surface area contributed by atoms with Gasteiger partial charge in [-0.3, -0.25) is 9.59 Å². The maximum Gasteiger partial charge on any atom is 0.229 e. The van der Waals surface area contributed by atoms with Crippen LogP contribution in [-0.4, -0.2) is 40.2 Å². The molecule has 0 radical (unpaired) electrons. The van der Waals surface area contributed by atoms with Crippen LogP contribution in [0.5, 0.6) is 5.75 Å². The minimum atomic E-state index is -0.552. The van der Waals surface area contributed by atoms with Gasteiger partial charge < -0.3 is 15.0 Å². The number of carbonyl (C=O) groups is 2. The summed E-state index contributed by atoms with van der Waals surface area (Å²) in [6, 6.07) is 10.1. The maximum absolute atomic E-state index is 13.0. The van der Waals surface area contributed by atoms with Crippen molar-refractivity contribution >= 4 is 46.4 Å². The van der Waals surface area contributed by atoms with Crippen LogP contribution in [0.15, 0.2) is 49.1 Å². The molecule has 10 heteroatoms. The number of methoxy groups -OCH3 is 1. The molecule has 0 aliphatic carbocycles. The Balaban J connectivity index is 1.56. The van der Waals surface area contributed by atoms with Crippen molar-refractivity contribution in [2.45, 2.75) is 6.42 Å². The van der Waals surface area contributed by atoms with Gasteiger partial charge >= 0.3 is 0 Å². The molecule has 2 aromatic carbocycles. The van der Waals surface area contributed by atoms with Gasteiger partial charge in [0.1, 0.15) is 18.4 Å². The number of rotatable bonds is 5. The van der Waals surface area contributed by atoms with Gasteiger partial charge in [-0.25, -0.2) is 9.67 Å². The highest BCUT2D eigenvalue weighted by molar-refractivity contribution is 6.31. The lowest BCUT2D eigenvalue weighted by molar-refractivity contribution is -0.122.